The fourth-order valence-electron chi connectivity index (χ4n) is 2.72. The van der Waals surface area contributed by atoms with Gasteiger partial charge in [-0.05, 0) is 39.9 Å². The molecule has 3 heteroatoms. The van der Waals surface area contributed by atoms with Gasteiger partial charge in [-0.1, -0.05) is 18.2 Å². The van der Waals surface area contributed by atoms with E-state index in [1.54, 1.807) is 0 Å². The molecular formula is C15H24N2O. The molecule has 1 aromatic rings. The number of likely N-dealkylation sites (N-methyl/N-ethyl adjacent to an activating group) is 1. The highest BCUT2D eigenvalue weighted by Gasteiger charge is 2.23. The first-order valence-electron chi connectivity index (χ1n) is 6.78. The largest absolute Gasteiger partial charge is 0.389 e. The van der Waals surface area contributed by atoms with E-state index in [9.17, 15) is 5.11 Å². The molecule has 0 aliphatic carbocycles. The summed E-state index contributed by atoms with van der Waals surface area (Å²) in [6.45, 7) is 3.98. The Hall–Kier alpha value is -1.06. The standard InChI is InChI=1S/C15H24N2O/c1-12(18)14-8-4-5-9-15(14)17-10-6-7-13(11-17)16(2)3/h4-5,8-9,12-13,18H,6-7,10-11H2,1-3H3/t12-,13?/m1/s1. The lowest BCUT2D eigenvalue weighted by molar-refractivity contribution is 0.199. The van der Waals surface area contributed by atoms with Gasteiger partial charge in [-0.2, -0.15) is 0 Å². The van der Waals surface area contributed by atoms with Crippen LogP contribution in [0.1, 0.15) is 31.4 Å². The van der Waals surface area contributed by atoms with E-state index >= 15 is 0 Å². The Balaban J connectivity index is 2.20. The van der Waals surface area contributed by atoms with Crippen LogP contribution in [0.4, 0.5) is 5.69 Å². The molecule has 1 fully saturated rings. The maximum absolute atomic E-state index is 9.87. The number of benzene rings is 1. The van der Waals surface area contributed by atoms with Gasteiger partial charge in [0.2, 0.25) is 0 Å². The highest BCUT2D eigenvalue weighted by Crippen LogP contribution is 2.29. The molecule has 1 aromatic carbocycles. The van der Waals surface area contributed by atoms with Crippen LogP contribution in [0.25, 0.3) is 0 Å². The predicted molar refractivity (Wildman–Crippen MR) is 76.0 cm³/mol. The highest BCUT2D eigenvalue weighted by molar-refractivity contribution is 5.55. The van der Waals surface area contributed by atoms with Crippen LogP contribution in [0.15, 0.2) is 24.3 Å². The van der Waals surface area contributed by atoms with E-state index in [1.165, 1.54) is 18.5 Å². The van der Waals surface area contributed by atoms with Crippen molar-refractivity contribution in [3.05, 3.63) is 29.8 Å². The molecule has 1 aliphatic rings. The van der Waals surface area contributed by atoms with Gasteiger partial charge in [-0.25, -0.2) is 0 Å². The van der Waals surface area contributed by atoms with Gasteiger partial charge in [0.15, 0.2) is 0 Å². The SMILES string of the molecule is C[C@@H](O)c1ccccc1N1CCCC(N(C)C)C1. The van der Waals surface area contributed by atoms with Gasteiger partial charge in [0.1, 0.15) is 0 Å². The second kappa shape index (κ2) is 5.72. The van der Waals surface area contributed by atoms with E-state index in [-0.39, 0.29) is 0 Å². The van der Waals surface area contributed by atoms with E-state index in [0.717, 1.165) is 18.7 Å². The molecule has 0 spiro atoms. The minimum absolute atomic E-state index is 0.402. The lowest BCUT2D eigenvalue weighted by Gasteiger charge is -2.38. The van der Waals surface area contributed by atoms with Gasteiger partial charge in [-0.15, -0.1) is 0 Å². The molecule has 2 atom stereocenters. The predicted octanol–water partition coefficient (Wildman–Crippen LogP) is 2.27. The van der Waals surface area contributed by atoms with E-state index in [1.807, 2.05) is 19.1 Å². The summed E-state index contributed by atoms with van der Waals surface area (Å²) < 4.78 is 0. The average molecular weight is 248 g/mol. The Morgan fingerprint density at radius 3 is 2.72 bits per heavy atom. The van der Waals surface area contributed by atoms with Crippen LogP contribution in [-0.2, 0) is 0 Å². The summed E-state index contributed by atoms with van der Waals surface area (Å²) in [5.74, 6) is 0. The lowest BCUT2D eigenvalue weighted by Crippen LogP contribution is -2.45. The van der Waals surface area contributed by atoms with Crippen molar-refractivity contribution in [2.75, 3.05) is 32.1 Å². The Bertz CT molecular complexity index is 390. The second-order valence-electron chi connectivity index (χ2n) is 5.44. The van der Waals surface area contributed by atoms with E-state index < -0.39 is 6.10 Å². The number of nitrogens with zero attached hydrogens (tertiary/aromatic N) is 2. The van der Waals surface area contributed by atoms with E-state index in [4.69, 9.17) is 0 Å². The molecule has 1 aliphatic heterocycles. The zero-order valence-electron chi connectivity index (χ0n) is 11.6. The van der Waals surface area contributed by atoms with Crippen LogP contribution >= 0.6 is 0 Å². The van der Waals surface area contributed by atoms with Crippen molar-refractivity contribution in [3.8, 4) is 0 Å². The molecule has 1 heterocycles. The van der Waals surface area contributed by atoms with Crippen LogP contribution < -0.4 is 4.90 Å². The molecule has 100 valence electrons. The molecule has 1 saturated heterocycles. The molecule has 0 saturated carbocycles. The zero-order chi connectivity index (χ0) is 13.1. The fourth-order valence-corrected chi connectivity index (χ4v) is 2.72. The van der Waals surface area contributed by atoms with Gasteiger partial charge in [0.25, 0.3) is 0 Å². The number of aliphatic hydroxyl groups is 1. The number of para-hydroxylation sites is 1. The summed E-state index contributed by atoms with van der Waals surface area (Å²) in [4.78, 5) is 4.72. The summed E-state index contributed by atoms with van der Waals surface area (Å²) in [7, 11) is 4.30. The van der Waals surface area contributed by atoms with Crippen molar-refractivity contribution in [3.63, 3.8) is 0 Å². The molecule has 1 N–H and O–H groups in total. The number of hydrogen-bond acceptors (Lipinski definition) is 3. The molecule has 0 bridgehead atoms. The van der Waals surface area contributed by atoms with E-state index in [0.29, 0.717) is 6.04 Å². The molecule has 0 amide bonds. The topological polar surface area (TPSA) is 26.7 Å². The van der Waals surface area contributed by atoms with Crippen LogP contribution in [0, 0.1) is 0 Å². The molecule has 18 heavy (non-hydrogen) atoms. The van der Waals surface area contributed by atoms with Crippen molar-refractivity contribution < 1.29 is 5.11 Å². The first kappa shape index (κ1) is 13.4. The Morgan fingerprint density at radius 1 is 1.33 bits per heavy atom. The van der Waals surface area contributed by atoms with Gasteiger partial charge in [0, 0.05) is 30.4 Å². The zero-order valence-corrected chi connectivity index (χ0v) is 11.6. The third kappa shape index (κ3) is 2.85. The summed E-state index contributed by atoms with van der Waals surface area (Å²) in [5, 5.41) is 9.87. The summed E-state index contributed by atoms with van der Waals surface area (Å²) in [6.07, 6.45) is 2.08. The fraction of sp³-hybridized carbons (Fsp3) is 0.600. The third-order valence-corrected chi connectivity index (χ3v) is 3.85. The molecule has 1 unspecified atom stereocenters. The maximum Gasteiger partial charge on any atom is 0.0781 e. The quantitative estimate of drug-likeness (QED) is 0.889. The molecular weight excluding hydrogens is 224 g/mol. The van der Waals surface area contributed by atoms with Crippen molar-refractivity contribution >= 4 is 5.69 Å². The molecule has 0 radical (unpaired) electrons. The normalized spacial score (nSPS) is 22.3. The monoisotopic (exact) mass is 248 g/mol. The van der Waals surface area contributed by atoms with Crippen molar-refractivity contribution in [1.29, 1.82) is 0 Å². The molecule has 0 aromatic heterocycles. The van der Waals surface area contributed by atoms with E-state index in [2.05, 4.69) is 36.0 Å². The van der Waals surface area contributed by atoms with Crippen molar-refractivity contribution in [1.82, 2.24) is 4.90 Å². The average Bonchev–Trinajstić information content (AvgIpc) is 2.39. The van der Waals surface area contributed by atoms with Gasteiger partial charge < -0.3 is 14.9 Å². The molecule has 3 nitrogen and oxygen atoms in total. The maximum atomic E-state index is 9.87. The number of piperidine rings is 1. The highest BCUT2D eigenvalue weighted by atomic mass is 16.3. The van der Waals surface area contributed by atoms with Crippen molar-refractivity contribution in [2.24, 2.45) is 0 Å². The first-order valence-corrected chi connectivity index (χ1v) is 6.78. The summed E-state index contributed by atoms with van der Waals surface area (Å²) in [5.41, 5.74) is 2.23. The minimum atomic E-state index is -0.402. The number of hydrogen-bond donors (Lipinski definition) is 1. The summed E-state index contributed by atoms with van der Waals surface area (Å²) in [6, 6.07) is 8.82. The smallest absolute Gasteiger partial charge is 0.0781 e. The summed E-state index contributed by atoms with van der Waals surface area (Å²) >= 11 is 0. The van der Waals surface area contributed by atoms with Crippen LogP contribution in [0.5, 0.6) is 0 Å². The number of aliphatic hydroxyl groups excluding tert-OH is 1. The lowest BCUT2D eigenvalue weighted by atomic mass is 10.0. The first-order chi connectivity index (χ1) is 8.59. The van der Waals surface area contributed by atoms with Crippen LogP contribution in [0.2, 0.25) is 0 Å². The Kier molecular flexibility index (Phi) is 4.25. The molecule has 2 rings (SSSR count). The third-order valence-electron chi connectivity index (χ3n) is 3.85. The van der Waals surface area contributed by atoms with Gasteiger partial charge in [0.05, 0.1) is 6.10 Å². The van der Waals surface area contributed by atoms with Crippen LogP contribution in [0.3, 0.4) is 0 Å². The Morgan fingerprint density at radius 2 is 2.06 bits per heavy atom. The van der Waals surface area contributed by atoms with Gasteiger partial charge >= 0.3 is 0 Å². The minimum Gasteiger partial charge on any atom is -0.389 e. The van der Waals surface area contributed by atoms with Crippen LogP contribution in [-0.4, -0.2) is 43.2 Å². The Labute approximate surface area is 110 Å². The van der Waals surface area contributed by atoms with Gasteiger partial charge in [-0.3, -0.25) is 0 Å². The number of rotatable bonds is 3. The number of anilines is 1. The van der Waals surface area contributed by atoms with Crippen molar-refractivity contribution in [2.45, 2.75) is 31.9 Å². The second-order valence-corrected chi connectivity index (χ2v) is 5.44.